The molecule has 13 heavy (non-hydrogen) atoms. The van der Waals surface area contributed by atoms with Crippen LogP contribution in [-0.4, -0.2) is 16.9 Å². The minimum Gasteiger partial charge on any atom is -0.309 e. The summed E-state index contributed by atoms with van der Waals surface area (Å²) in [5, 5.41) is 4.59. The van der Waals surface area contributed by atoms with Gasteiger partial charge in [-0.2, -0.15) is 0 Å². The van der Waals surface area contributed by atoms with Crippen molar-refractivity contribution in [3.8, 4) is 0 Å². The Morgan fingerprint density at radius 1 is 1.54 bits per heavy atom. The molecule has 0 saturated carbocycles. The van der Waals surface area contributed by atoms with Gasteiger partial charge in [-0.3, -0.25) is 0 Å². The van der Waals surface area contributed by atoms with Gasteiger partial charge in [0.1, 0.15) is 5.01 Å². The molecule has 1 aromatic heterocycles. The molecule has 0 aliphatic rings. The van der Waals surface area contributed by atoms with E-state index in [0.29, 0.717) is 0 Å². The normalized spacial score (nSPS) is 13.2. The predicted octanol–water partition coefficient (Wildman–Crippen LogP) is 2.48. The van der Waals surface area contributed by atoms with Crippen molar-refractivity contribution < 1.29 is 0 Å². The number of aryl methyl sites for hydroxylation is 2. The standard InChI is InChI=1S/C9H15ClN2S/c1-6(10)4-11-5-9-12-7(2)8(3)13-9/h6,11H,4-5H2,1-3H3. The van der Waals surface area contributed by atoms with Crippen molar-refractivity contribution in [1.82, 2.24) is 10.3 Å². The van der Waals surface area contributed by atoms with Gasteiger partial charge < -0.3 is 5.32 Å². The maximum absolute atomic E-state index is 5.80. The molecule has 1 N–H and O–H groups in total. The Kier molecular flexibility index (Phi) is 4.16. The van der Waals surface area contributed by atoms with Crippen LogP contribution in [0.25, 0.3) is 0 Å². The Morgan fingerprint density at radius 3 is 2.69 bits per heavy atom. The molecule has 1 rings (SSSR count). The zero-order valence-electron chi connectivity index (χ0n) is 8.22. The number of hydrogen-bond acceptors (Lipinski definition) is 3. The molecule has 0 aliphatic heterocycles. The van der Waals surface area contributed by atoms with Crippen molar-refractivity contribution in [1.29, 1.82) is 0 Å². The fourth-order valence-electron chi connectivity index (χ4n) is 0.993. The minimum atomic E-state index is 0.183. The first kappa shape index (κ1) is 11.0. The van der Waals surface area contributed by atoms with Crippen LogP contribution in [0.15, 0.2) is 0 Å². The number of aromatic nitrogens is 1. The monoisotopic (exact) mass is 218 g/mol. The second-order valence-electron chi connectivity index (χ2n) is 3.16. The van der Waals surface area contributed by atoms with E-state index in [2.05, 4.69) is 17.2 Å². The average molecular weight is 219 g/mol. The van der Waals surface area contributed by atoms with E-state index in [1.165, 1.54) is 4.88 Å². The van der Waals surface area contributed by atoms with Crippen molar-refractivity contribution in [2.24, 2.45) is 0 Å². The molecule has 0 amide bonds. The summed E-state index contributed by atoms with van der Waals surface area (Å²) >= 11 is 7.55. The van der Waals surface area contributed by atoms with E-state index in [-0.39, 0.29) is 5.38 Å². The molecule has 0 bridgehead atoms. The summed E-state index contributed by atoms with van der Waals surface area (Å²) in [6.45, 7) is 7.78. The first-order valence-corrected chi connectivity index (χ1v) is 5.62. The predicted molar refractivity (Wildman–Crippen MR) is 58.6 cm³/mol. The van der Waals surface area contributed by atoms with Crippen LogP contribution in [-0.2, 0) is 6.54 Å². The molecular formula is C9H15ClN2S. The molecule has 0 spiro atoms. The number of nitrogens with one attached hydrogen (secondary N) is 1. The van der Waals surface area contributed by atoms with Crippen LogP contribution in [0.5, 0.6) is 0 Å². The third-order valence-corrected chi connectivity index (χ3v) is 3.00. The zero-order valence-corrected chi connectivity index (χ0v) is 9.80. The molecule has 2 nitrogen and oxygen atoms in total. The van der Waals surface area contributed by atoms with Crippen molar-refractivity contribution in [3.63, 3.8) is 0 Å². The Hall–Kier alpha value is -0.120. The summed E-state index contributed by atoms with van der Waals surface area (Å²) in [4.78, 5) is 5.72. The Morgan fingerprint density at radius 2 is 2.23 bits per heavy atom. The van der Waals surface area contributed by atoms with Gasteiger partial charge in [0.2, 0.25) is 0 Å². The summed E-state index contributed by atoms with van der Waals surface area (Å²) < 4.78 is 0. The number of hydrogen-bond donors (Lipinski definition) is 1. The van der Waals surface area contributed by atoms with Crippen LogP contribution in [0.3, 0.4) is 0 Å². The Labute approximate surface area is 88.3 Å². The first-order valence-electron chi connectivity index (χ1n) is 4.37. The van der Waals surface area contributed by atoms with Gasteiger partial charge >= 0.3 is 0 Å². The van der Waals surface area contributed by atoms with Gasteiger partial charge in [-0.05, 0) is 20.8 Å². The molecule has 0 radical (unpaired) electrons. The van der Waals surface area contributed by atoms with Crippen LogP contribution in [0.4, 0.5) is 0 Å². The molecule has 1 aromatic rings. The molecule has 0 saturated heterocycles. The lowest BCUT2D eigenvalue weighted by atomic mass is 10.4. The SMILES string of the molecule is Cc1nc(CNCC(C)Cl)sc1C. The molecule has 1 heterocycles. The van der Waals surface area contributed by atoms with E-state index in [4.69, 9.17) is 11.6 Å². The van der Waals surface area contributed by atoms with Crippen LogP contribution < -0.4 is 5.32 Å². The second-order valence-corrected chi connectivity index (χ2v) is 5.19. The molecule has 1 atom stereocenters. The van der Waals surface area contributed by atoms with Gasteiger partial charge in [-0.25, -0.2) is 4.98 Å². The van der Waals surface area contributed by atoms with Crippen molar-refractivity contribution >= 4 is 22.9 Å². The summed E-state index contributed by atoms with van der Waals surface area (Å²) in [5.74, 6) is 0. The van der Waals surface area contributed by atoms with E-state index in [1.807, 2.05) is 13.8 Å². The average Bonchev–Trinajstić information content (AvgIpc) is 2.30. The molecule has 0 fully saturated rings. The Bertz CT molecular complexity index is 251. The van der Waals surface area contributed by atoms with Crippen LogP contribution >= 0.6 is 22.9 Å². The molecule has 0 aliphatic carbocycles. The van der Waals surface area contributed by atoms with Crippen molar-refractivity contribution in [2.75, 3.05) is 6.54 Å². The molecular weight excluding hydrogens is 204 g/mol. The van der Waals surface area contributed by atoms with Gasteiger partial charge in [0.05, 0.1) is 5.69 Å². The molecule has 1 unspecified atom stereocenters. The molecule has 74 valence electrons. The zero-order chi connectivity index (χ0) is 9.84. The quantitative estimate of drug-likeness (QED) is 0.786. The minimum absolute atomic E-state index is 0.183. The highest BCUT2D eigenvalue weighted by Crippen LogP contribution is 2.15. The Balaban J connectivity index is 2.37. The first-order chi connectivity index (χ1) is 6.09. The summed E-state index contributed by atoms with van der Waals surface area (Å²) in [6.07, 6.45) is 0. The summed E-state index contributed by atoms with van der Waals surface area (Å²) in [7, 11) is 0. The third kappa shape index (κ3) is 3.63. The maximum Gasteiger partial charge on any atom is 0.107 e. The lowest BCUT2D eigenvalue weighted by molar-refractivity contribution is 0.676. The highest BCUT2D eigenvalue weighted by atomic mass is 35.5. The third-order valence-electron chi connectivity index (χ3n) is 1.77. The topological polar surface area (TPSA) is 24.9 Å². The lowest BCUT2D eigenvalue weighted by Gasteiger charge is -2.02. The van der Waals surface area contributed by atoms with Gasteiger partial charge in [-0.15, -0.1) is 22.9 Å². The smallest absolute Gasteiger partial charge is 0.107 e. The molecule has 0 aromatic carbocycles. The number of alkyl halides is 1. The van der Waals surface area contributed by atoms with Gasteiger partial charge in [-0.1, -0.05) is 0 Å². The van der Waals surface area contributed by atoms with E-state index >= 15 is 0 Å². The molecule has 4 heteroatoms. The van der Waals surface area contributed by atoms with Crippen molar-refractivity contribution in [2.45, 2.75) is 32.7 Å². The largest absolute Gasteiger partial charge is 0.309 e. The number of nitrogens with zero attached hydrogens (tertiary/aromatic N) is 1. The van der Waals surface area contributed by atoms with Gasteiger partial charge in [0, 0.05) is 23.3 Å². The highest BCUT2D eigenvalue weighted by molar-refractivity contribution is 7.11. The fraction of sp³-hybridized carbons (Fsp3) is 0.667. The summed E-state index contributed by atoms with van der Waals surface area (Å²) in [5.41, 5.74) is 1.14. The maximum atomic E-state index is 5.80. The fourth-order valence-corrected chi connectivity index (χ4v) is 2.01. The van der Waals surface area contributed by atoms with Gasteiger partial charge in [0.25, 0.3) is 0 Å². The van der Waals surface area contributed by atoms with E-state index < -0.39 is 0 Å². The van der Waals surface area contributed by atoms with Crippen LogP contribution in [0.2, 0.25) is 0 Å². The van der Waals surface area contributed by atoms with Gasteiger partial charge in [0.15, 0.2) is 0 Å². The van der Waals surface area contributed by atoms with Crippen molar-refractivity contribution in [3.05, 3.63) is 15.6 Å². The van der Waals surface area contributed by atoms with E-state index in [1.54, 1.807) is 11.3 Å². The summed E-state index contributed by atoms with van der Waals surface area (Å²) in [6, 6.07) is 0. The second kappa shape index (κ2) is 4.94. The highest BCUT2D eigenvalue weighted by Gasteiger charge is 2.03. The van der Waals surface area contributed by atoms with Crippen LogP contribution in [0, 0.1) is 13.8 Å². The van der Waals surface area contributed by atoms with Crippen LogP contribution in [0.1, 0.15) is 22.5 Å². The number of halogens is 1. The van der Waals surface area contributed by atoms with E-state index in [9.17, 15) is 0 Å². The van der Waals surface area contributed by atoms with E-state index in [0.717, 1.165) is 23.8 Å². The lowest BCUT2D eigenvalue weighted by Crippen LogP contribution is -2.20. The number of thiazole rings is 1. The number of rotatable bonds is 4.